The number of aryl methyl sites for hydroxylation is 1. The molecule has 92 valence electrons. The number of nitro groups is 1. The molecule has 0 fully saturated rings. The minimum atomic E-state index is -0.466. The van der Waals surface area contributed by atoms with Crippen LogP contribution in [0.1, 0.15) is 18.1 Å². The highest BCUT2D eigenvalue weighted by molar-refractivity contribution is 7.18. The third-order valence-corrected chi connectivity index (χ3v) is 3.23. The van der Waals surface area contributed by atoms with Gasteiger partial charge in [-0.25, -0.2) is 9.98 Å². The molecular formula is C12H11N3O2S. The highest BCUT2D eigenvalue weighted by Crippen LogP contribution is 2.27. The van der Waals surface area contributed by atoms with Crippen LogP contribution in [0.2, 0.25) is 0 Å². The van der Waals surface area contributed by atoms with Crippen molar-refractivity contribution in [2.75, 3.05) is 0 Å². The number of nitrogens with zero attached hydrogens (tertiary/aromatic N) is 3. The van der Waals surface area contributed by atoms with Gasteiger partial charge >= 0.3 is 5.00 Å². The molecule has 2 aromatic rings. The minimum Gasteiger partial charge on any atom is -0.257 e. The Morgan fingerprint density at radius 1 is 1.44 bits per heavy atom. The van der Waals surface area contributed by atoms with Crippen molar-refractivity contribution >= 4 is 27.7 Å². The fraction of sp³-hybridized carbons (Fsp3) is 0.167. The summed E-state index contributed by atoms with van der Waals surface area (Å²) >= 11 is 0.960. The number of thiazole rings is 1. The molecule has 0 unspecified atom stereocenters. The summed E-state index contributed by atoms with van der Waals surface area (Å²) in [5, 5.41) is 10.9. The Labute approximate surface area is 108 Å². The van der Waals surface area contributed by atoms with Crippen LogP contribution >= 0.6 is 11.3 Å². The first-order valence-corrected chi connectivity index (χ1v) is 6.24. The van der Waals surface area contributed by atoms with E-state index in [-0.39, 0.29) is 5.00 Å². The zero-order valence-electron chi connectivity index (χ0n) is 9.74. The molecule has 6 heteroatoms. The summed E-state index contributed by atoms with van der Waals surface area (Å²) in [5.41, 5.74) is 2.21. The van der Waals surface area contributed by atoms with Gasteiger partial charge in [-0.2, -0.15) is 0 Å². The van der Waals surface area contributed by atoms with Gasteiger partial charge in [0.15, 0.2) is 0 Å². The van der Waals surface area contributed by atoms with Gasteiger partial charge in [-0.05, 0) is 28.9 Å². The molecule has 0 amide bonds. The molecule has 0 radical (unpaired) electrons. The summed E-state index contributed by atoms with van der Waals surface area (Å²) in [5.74, 6) is 0. The zero-order chi connectivity index (χ0) is 13.0. The standard InChI is InChI=1S/C12H11N3O2S/c1-2-9-3-5-10(6-4-9)7-13-12-14-8-11(18-12)15(16)17/h3-8H,2H2,1H3/b13-7-. The van der Waals surface area contributed by atoms with Crippen LogP contribution in [0.4, 0.5) is 10.1 Å². The normalized spacial score (nSPS) is 10.9. The molecule has 0 bridgehead atoms. The Bertz CT molecular complexity index is 575. The maximum absolute atomic E-state index is 10.5. The largest absolute Gasteiger partial charge is 0.345 e. The maximum atomic E-state index is 10.5. The summed E-state index contributed by atoms with van der Waals surface area (Å²) in [6.07, 6.45) is 3.87. The van der Waals surface area contributed by atoms with Crippen LogP contribution in [0.5, 0.6) is 0 Å². The van der Waals surface area contributed by atoms with Crippen molar-refractivity contribution in [2.45, 2.75) is 13.3 Å². The third-order valence-electron chi connectivity index (χ3n) is 2.37. The topological polar surface area (TPSA) is 68.4 Å². The molecule has 1 aromatic carbocycles. The second-order valence-corrected chi connectivity index (χ2v) is 4.58. The van der Waals surface area contributed by atoms with E-state index in [4.69, 9.17) is 0 Å². The number of rotatable bonds is 4. The molecule has 0 N–H and O–H groups in total. The van der Waals surface area contributed by atoms with Crippen LogP contribution in [0.3, 0.4) is 0 Å². The second-order valence-electron chi connectivity index (χ2n) is 3.59. The molecule has 1 heterocycles. The highest BCUT2D eigenvalue weighted by Gasteiger charge is 2.09. The lowest BCUT2D eigenvalue weighted by Gasteiger charge is -1.95. The third kappa shape index (κ3) is 2.98. The average molecular weight is 261 g/mol. The van der Waals surface area contributed by atoms with E-state index in [1.807, 2.05) is 24.3 Å². The molecular weight excluding hydrogens is 250 g/mol. The average Bonchev–Trinajstić information content (AvgIpc) is 2.86. The van der Waals surface area contributed by atoms with E-state index in [2.05, 4.69) is 16.9 Å². The molecule has 18 heavy (non-hydrogen) atoms. The van der Waals surface area contributed by atoms with E-state index in [9.17, 15) is 10.1 Å². The van der Waals surface area contributed by atoms with Gasteiger partial charge in [0.2, 0.25) is 5.13 Å². The van der Waals surface area contributed by atoms with Crippen LogP contribution < -0.4 is 0 Å². The van der Waals surface area contributed by atoms with Gasteiger partial charge in [-0.3, -0.25) is 10.1 Å². The fourth-order valence-electron chi connectivity index (χ4n) is 1.37. The molecule has 0 spiro atoms. The van der Waals surface area contributed by atoms with Crippen molar-refractivity contribution < 1.29 is 4.92 Å². The molecule has 0 aliphatic heterocycles. The summed E-state index contributed by atoms with van der Waals surface area (Å²) in [7, 11) is 0. The van der Waals surface area contributed by atoms with Crippen molar-refractivity contribution in [3.63, 3.8) is 0 Å². The van der Waals surface area contributed by atoms with Crippen LogP contribution in [0.25, 0.3) is 0 Å². The van der Waals surface area contributed by atoms with Gasteiger partial charge in [-0.1, -0.05) is 31.2 Å². The lowest BCUT2D eigenvalue weighted by molar-refractivity contribution is -0.380. The van der Waals surface area contributed by atoms with Gasteiger partial charge < -0.3 is 0 Å². The SMILES string of the molecule is CCc1ccc(/C=N\c2ncc([N+](=O)[O-])s2)cc1. The zero-order valence-corrected chi connectivity index (χ0v) is 10.6. The molecule has 5 nitrogen and oxygen atoms in total. The van der Waals surface area contributed by atoms with E-state index < -0.39 is 4.92 Å². The monoisotopic (exact) mass is 261 g/mol. The number of benzene rings is 1. The van der Waals surface area contributed by atoms with Gasteiger partial charge in [0.25, 0.3) is 0 Å². The Balaban J connectivity index is 2.11. The first kappa shape index (κ1) is 12.4. The fourth-order valence-corrected chi connectivity index (χ4v) is 1.95. The van der Waals surface area contributed by atoms with Crippen LogP contribution in [0.15, 0.2) is 35.5 Å². The molecule has 0 aliphatic rings. The van der Waals surface area contributed by atoms with E-state index in [1.165, 1.54) is 11.8 Å². The summed E-state index contributed by atoms with van der Waals surface area (Å²) < 4.78 is 0. The number of hydrogen-bond acceptors (Lipinski definition) is 5. The lowest BCUT2D eigenvalue weighted by Crippen LogP contribution is -1.83. The Morgan fingerprint density at radius 2 is 2.17 bits per heavy atom. The lowest BCUT2D eigenvalue weighted by atomic mass is 10.1. The molecule has 0 atom stereocenters. The first-order chi connectivity index (χ1) is 8.69. The van der Waals surface area contributed by atoms with Gasteiger partial charge in [0.05, 0.1) is 4.92 Å². The quantitative estimate of drug-likeness (QED) is 0.481. The van der Waals surface area contributed by atoms with E-state index in [0.29, 0.717) is 5.13 Å². The molecule has 1 aromatic heterocycles. The van der Waals surface area contributed by atoms with Crippen molar-refractivity contribution in [3.05, 3.63) is 51.7 Å². The summed E-state index contributed by atoms with van der Waals surface area (Å²) in [4.78, 5) is 18.0. The van der Waals surface area contributed by atoms with Crippen molar-refractivity contribution in [1.82, 2.24) is 4.98 Å². The van der Waals surface area contributed by atoms with Crippen molar-refractivity contribution in [1.29, 1.82) is 0 Å². The van der Waals surface area contributed by atoms with Crippen LogP contribution in [0, 0.1) is 10.1 Å². The van der Waals surface area contributed by atoms with Gasteiger partial charge in [0.1, 0.15) is 6.20 Å². The summed E-state index contributed by atoms with van der Waals surface area (Å²) in [6, 6.07) is 7.99. The molecule has 0 aliphatic carbocycles. The van der Waals surface area contributed by atoms with Crippen LogP contribution in [-0.2, 0) is 6.42 Å². The Hall–Kier alpha value is -2.08. The Kier molecular flexibility index (Phi) is 3.78. The number of hydrogen-bond donors (Lipinski definition) is 0. The summed E-state index contributed by atoms with van der Waals surface area (Å²) in [6.45, 7) is 2.10. The first-order valence-electron chi connectivity index (χ1n) is 5.42. The molecule has 0 saturated heterocycles. The van der Waals surface area contributed by atoms with E-state index in [0.717, 1.165) is 23.3 Å². The van der Waals surface area contributed by atoms with Crippen molar-refractivity contribution in [2.24, 2.45) is 4.99 Å². The maximum Gasteiger partial charge on any atom is 0.345 e. The molecule has 2 rings (SSSR count). The van der Waals surface area contributed by atoms with Crippen LogP contribution in [-0.4, -0.2) is 16.1 Å². The highest BCUT2D eigenvalue weighted by atomic mass is 32.1. The predicted octanol–water partition coefficient (Wildman–Crippen LogP) is 3.36. The van der Waals surface area contributed by atoms with E-state index >= 15 is 0 Å². The van der Waals surface area contributed by atoms with Gasteiger partial charge in [-0.15, -0.1) is 0 Å². The Morgan fingerprint density at radius 3 is 2.72 bits per heavy atom. The molecule has 0 saturated carbocycles. The number of aliphatic imine (C=N–C) groups is 1. The predicted molar refractivity (Wildman–Crippen MR) is 71.8 cm³/mol. The second kappa shape index (κ2) is 5.50. The minimum absolute atomic E-state index is 0.00322. The smallest absolute Gasteiger partial charge is 0.257 e. The number of aromatic nitrogens is 1. The van der Waals surface area contributed by atoms with E-state index in [1.54, 1.807) is 6.21 Å². The van der Waals surface area contributed by atoms with Crippen molar-refractivity contribution in [3.8, 4) is 0 Å². The van der Waals surface area contributed by atoms with Gasteiger partial charge in [0, 0.05) is 6.21 Å².